The molecule has 0 heterocycles. The summed E-state index contributed by atoms with van der Waals surface area (Å²) in [4.78, 5) is 0. The van der Waals surface area contributed by atoms with E-state index in [1.807, 2.05) is 0 Å². The van der Waals surface area contributed by atoms with Crippen LogP contribution in [0.25, 0.3) is 0 Å². The zero-order chi connectivity index (χ0) is 12.1. The second-order valence-electron chi connectivity index (χ2n) is 3.30. The molecule has 0 aliphatic rings. The molecule has 1 aromatic carbocycles. The average Bonchev–Trinajstić information content (AvgIpc) is 2.28. The molecule has 2 unspecified atom stereocenters. The molecule has 2 atom stereocenters. The van der Waals surface area contributed by atoms with Crippen LogP contribution in [0, 0.1) is 11.3 Å². The van der Waals surface area contributed by atoms with Crippen molar-refractivity contribution in [3.8, 4) is 17.6 Å². The Morgan fingerprint density at radius 1 is 1.44 bits per heavy atom. The van der Waals surface area contributed by atoms with Gasteiger partial charge in [0.25, 0.3) is 0 Å². The van der Waals surface area contributed by atoms with E-state index < -0.39 is 12.2 Å². The summed E-state index contributed by atoms with van der Waals surface area (Å²) < 4.78 is 4.88. The highest BCUT2D eigenvalue weighted by Crippen LogP contribution is 2.30. The van der Waals surface area contributed by atoms with Crippen LogP contribution in [0.4, 0.5) is 0 Å². The normalized spacial score (nSPS) is 13.9. The number of rotatable bonds is 4. The van der Waals surface area contributed by atoms with Crippen molar-refractivity contribution in [2.24, 2.45) is 0 Å². The summed E-state index contributed by atoms with van der Waals surface area (Å²) in [5, 5.41) is 37.0. The predicted molar refractivity (Wildman–Crippen MR) is 55.9 cm³/mol. The lowest BCUT2D eigenvalue weighted by atomic mass is 10.0. The lowest BCUT2D eigenvalue weighted by Crippen LogP contribution is -2.17. The monoisotopic (exact) mass is 223 g/mol. The Morgan fingerprint density at radius 3 is 2.62 bits per heavy atom. The number of phenols is 1. The van der Waals surface area contributed by atoms with Crippen molar-refractivity contribution in [2.45, 2.75) is 18.6 Å². The maximum absolute atomic E-state index is 9.66. The van der Waals surface area contributed by atoms with Crippen LogP contribution in [0.2, 0.25) is 0 Å². The highest BCUT2D eigenvalue weighted by Gasteiger charge is 2.21. The fraction of sp³-hybridized carbons (Fsp3) is 0.364. The lowest BCUT2D eigenvalue weighted by Gasteiger charge is -2.17. The first-order valence-electron chi connectivity index (χ1n) is 4.70. The van der Waals surface area contributed by atoms with Gasteiger partial charge in [0.1, 0.15) is 17.6 Å². The van der Waals surface area contributed by atoms with Gasteiger partial charge in [0.2, 0.25) is 0 Å². The van der Waals surface area contributed by atoms with E-state index in [0.717, 1.165) is 0 Å². The number of aromatic hydroxyl groups is 1. The van der Waals surface area contributed by atoms with Crippen LogP contribution in [0.3, 0.4) is 0 Å². The molecule has 1 rings (SSSR count). The minimum absolute atomic E-state index is 0.170. The SMILES string of the molecule is COc1ccc(C(O)C(O)CC#N)c(O)c1. The number of nitriles is 1. The van der Waals surface area contributed by atoms with E-state index in [1.165, 1.54) is 19.2 Å². The summed E-state index contributed by atoms with van der Waals surface area (Å²) >= 11 is 0. The van der Waals surface area contributed by atoms with E-state index in [1.54, 1.807) is 12.1 Å². The smallest absolute Gasteiger partial charge is 0.125 e. The molecule has 0 saturated carbocycles. The zero-order valence-corrected chi connectivity index (χ0v) is 8.79. The van der Waals surface area contributed by atoms with E-state index in [-0.39, 0.29) is 17.7 Å². The molecule has 16 heavy (non-hydrogen) atoms. The Morgan fingerprint density at radius 2 is 2.12 bits per heavy atom. The first kappa shape index (κ1) is 12.3. The van der Waals surface area contributed by atoms with Crippen molar-refractivity contribution >= 4 is 0 Å². The van der Waals surface area contributed by atoms with Crippen molar-refractivity contribution in [2.75, 3.05) is 7.11 Å². The highest BCUT2D eigenvalue weighted by atomic mass is 16.5. The Bertz CT molecular complexity index is 399. The Hall–Kier alpha value is -1.77. The Balaban J connectivity index is 2.92. The number of nitrogens with zero attached hydrogens (tertiary/aromatic N) is 1. The van der Waals surface area contributed by atoms with Gasteiger partial charge in [0.05, 0.1) is 25.7 Å². The molecule has 1 aromatic rings. The summed E-state index contributed by atoms with van der Waals surface area (Å²) in [6, 6.07) is 6.07. The maximum Gasteiger partial charge on any atom is 0.125 e. The molecule has 5 heteroatoms. The number of aliphatic hydroxyl groups excluding tert-OH is 2. The van der Waals surface area contributed by atoms with Gasteiger partial charge in [0.15, 0.2) is 0 Å². The third kappa shape index (κ3) is 2.63. The molecule has 0 aliphatic heterocycles. The standard InChI is InChI=1S/C11H13NO4/c1-16-7-2-3-8(10(14)6-7)11(15)9(13)4-5-12/h2-3,6,9,11,13-15H,4H2,1H3. The zero-order valence-electron chi connectivity index (χ0n) is 8.79. The van der Waals surface area contributed by atoms with Crippen LogP contribution in [-0.4, -0.2) is 28.5 Å². The summed E-state index contributed by atoms with van der Waals surface area (Å²) in [6.07, 6.45) is -2.71. The predicted octanol–water partition coefficient (Wildman–Crippen LogP) is 0.709. The van der Waals surface area contributed by atoms with Gasteiger partial charge in [0, 0.05) is 11.6 Å². The number of methoxy groups -OCH3 is 1. The molecule has 0 radical (unpaired) electrons. The molecule has 5 nitrogen and oxygen atoms in total. The van der Waals surface area contributed by atoms with Gasteiger partial charge < -0.3 is 20.1 Å². The van der Waals surface area contributed by atoms with Gasteiger partial charge in [-0.15, -0.1) is 0 Å². The van der Waals surface area contributed by atoms with Gasteiger partial charge >= 0.3 is 0 Å². The number of hydrogen-bond donors (Lipinski definition) is 3. The van der Waals surface area contributed by atoms with Gasteiger partial charge in [-0.2, -0.15) is 5.26 Å². The molecule has 0 aromatic heterocycles. The number of hydrogen-bond acceptors (Lipinski definition) is 5. The third-order valence-corrected chi connectivity index (χ3v) is 2.22. The third-order valence-electron chi connectivity index (χ3n) is 2.22. The number of phenolic OH excluding ortho intramolecular Hbond substituents is 1. The minimum atomic E-state index is -1.29. The number of aliphatic hydroxyl groups is 2. The van der Waals surface area contributed by atoms with Crippen molar-refractivity contribution in [3.63, 3.8) is 0 Å². The summed E-state index contributed by atoms with van der Waals surface area (Å²) in [5.41, 5.74) is 0.170. The fourth-order valence-corrected chi connectivity index (χ4v) is 1.31. The average molecular weight is 223 g/mol. The largest absolute Gasteiger partial charge is 0.507 e. The molecule has 0 aliphatic carbocycles. The van der Waals surface area contributed by atoms with Gasteiger partial charge in [-0.1, -0.05) is 0 Å². The van der Waals surface area contributed by atoms with Crippen molar-refractivity contribution in [1.82, 2.24) is 0 Å². The Kier molecular flexibility index (Phi) is 4.11. The molecule has 0 spiro atoms. The molecular weight excluding hydrogens is 210 g/mol. The van der Waals surface area contributed by atoms with Crippen LogP contribution in [0.1, 0.15) is 18.1 Å². The topological polar surface area (TPSA) is 93.7 Å². The van der Waals surface area contributed by atoms with Crippen molar-refractivity contribution in [1.29, 1.82) is 5.26 Å². The molecule has 0 fully saturated rings. The molecule has 0 saturated heterocycles. The van der Waals surface area contributed by atoms with Crippen LogP contribution in [0.5, 0.6) is 11.5 Å². The Labute approximate surface area is 93.1 Å². The second-order valence-corrected chi connectivity index (χ2v) is 3.30. The quantitative estimate of drug-likeness (QED) is 0.698. The lowest BCUT2D eigenvalue weighted by molar-refractivity contribution is 0.0202. The molecule has 86 valence electrons. The molecular formula is C11H13NO4. The molecule has 0 amide bonds. The fourth-order valence-electron chi connectivity index (χ4n) is 1.31. The van der Waals surface area contributed by atoms with Crippen LogP contribution in [-0.2, 0) is 0 Å². The van der Waals surface area contributed by atoms with Gasteiger partial charge in [-0.05, 0) is 12.1 Å². The molecule has 3 N–H and O–H groups in total. The first-order chi connectivity index (χ1) is 7.60. The maximum atomic E-state index is 9.66. The van der Waals surface area contributed by atoms with Crippen LogP contribution in [0.15, 0.2) is 18.2 Å². The van der Waals surface area contributed by atoms with Crippen molar-refractivity contribution in [3.05, 3.63) is 23.8 Å². The summed E-state index contributed by atoms with van der Waals surface area (Å²) in [5.74, 6) is 0.270. The van der Waals surface area contributed by atoms with Gasteiger partial charge in [-0.3, -0.25) is 0 Å². The minimum Gasteiger partial charge on any atom is -0.507 e. The van der Waals surface area contributed by atoms with E-state index in [2.05, 4.69) is 0 Å². The number of benzene rings is 1. The van der Waals surface area contributed by atoms with E-state index in [0.29, 0.717) is 5.75 Å². The van der Waals surface area contributed by atoms with Gasteiger partial charge in [-0.25, -0.2) is 0 Å². The van der Waals surface area contributed by atoms with E-state index in [9.17, 15) is 15.3 Å². The highest BCUT2D eigenvalue weighted by molar-refractivity contribution is 5.41. The molecule has 0 bridgehead atoms. The summed E-state index contributed by atoms with van der Waals surface area (Å²) in [7, 11) is 1.45. The number of ether oxygens (including phenoxy) is 1. The van der Waals surface area contributed by atoms with Crippen molar-refractivity contribution < 1.29 is 20.1 Å². The second kappa shape index (κ2) is 5.35. The van der Waals surface area contributed by atoms with Crippen LogP contribution < -0.4 is 4.74 Å². The van der Waals surface area contributed by atoms with E-state index >= 15 is 0 Å². The van der Waals surface area contributed by atoms with E-state index in [4.69, 9.17) is 10.00 Å². The van der Waals surface area contributed by atoms with Crippen LogP contribution >= 0.6 is 0 Å². The first-order valence-corrected chi connectivity index (χ1v) is 4.70. The summed E-state index contributed by atoms with van der Waals surface area (Å²) in [6.45, 7) is 0.